The molecule has 6 heteroatoms. The molecule has 13 heavy (non-hydrogen) atoms. The molecule has 0 aliphatic rings. The Morgan fingerprint density at radius 3 is 2.23 bits per heavy atom. The molecule has 0 saturated heterocycles. The van der Waals surface area contributed by atoms with Crippen molar-refractivity contribution < 1.29 is 13.2 Å². The highest BCUT2D eigenvalue weighted by Crippen LogP contribution is 2.18. The summed E-state index contributed by atoms with van der Waals surface area (Å²) in [4.78, 5) is 3.04. The first-order valence-corrected chi connectivity index (χ1v) is 3.31. The Kier molecular flexibility index (Phi) is 4.03. The quantitative estimate of drug-likeness (QED) is 0.506. The highest BCUT2D eigenvalue weighted by molar-refractivity contribution is 6.00. The molecule has 0 radical (unpaired) electrons. The Morgan fingerprint density at radius 1 is 1.38 bits per heavy atom. The summed E-state index contributed by atoms with van der Waals surface area (Å²) in [7, 11) is 1.04. The van der Waals surface area contributed by atoms with E-state index in [0.29, 0.717) is 6.08 Å². The lowest BCUT2D eigenvalue weighted by molar-refractivity contribution is -0.0577. The Hall–Kier alpha value is -1.46. The van der Waals surface area contributed by atoms with E-state index in [2.05, 4.69) is 4.99 Å². The van der Waals surface area contributed by atoms with Crippen LogP contribution in [-0.4, -0.2) is 18.9 Å². The van der Waals surface area contributed by atoms with E-state index in [1.807, 2.05) is 0 Å². The topological polar surface area (TPSA) is 64.4 Å². The summed E-state index contributed by atoms with van der Waals surface area (Å²) in [6.07, 6.45) is -1.57. The van der Waals surface area contributed by atoms with Crippen LogP contribution in [0.3, 0.4) is 0 Å². The van der Waals surface area contributed by atoms with Gasteiger partial charge in [0.1, 0.15) is 5.71 Å². The van der Waals surface area contributed by atoms with Gasteiger partial charge in [-0.25, -0.2) is 0 Å². The van der Waals surface area contributed by atoms with Crippen molar-refractivity contribution in [2.75, 3.05) is 7.05 Å². The van der Waals surface area contributed by atoms with Gasteiger partial charge >= 0.3 is 6.18 Å². The second-order valence-electron chi connectivity index (χ2n) is 2.11. The lowest BCUT2D eigenvalue weighted by atomic mass is 10.3. The minimum atomic E-state index is -4.48. The maximum absolute atomic E-state index is 12.0. The summed E-state index contributed by atoms with van der Waals surface area (Å²) in [5, 5.41) is 0. The molecule has 0 aromatic rings. The van der Waals surface area contributed by atoms with E-state index in [1.54, 1.807) is 0 Å². The number of allylic oxidation sites excluding steroid dienone is 2. The molecule has 3 nitrogen and oxygen atoms in total. The van der Waals surface area contributed by atoms with Crippen LogP contribution in [0.5, 0.6) is 0 Å². The van der Waals surface area contributed by atoms with E-state index >= 15 is 0 Å². The molecule has 0 aromatic carbocycles. The van der Waals surface area contributed by atoms with Crippen molar-refractivity contribution in [1.82, 2.24) is 0 Å². The van der Waals surface area contributed by atoms with Crippen LogP contribution in [0.1, 0.15) is 0 Å². The smallest absolute Gasteiger partial charge is 0.405 e. The van der Waals surface area contributed by atoms with E-state index in [-0.39, 0.29) is 5.70 Å². The van der Waals surface area contributed by atoms with Crippen molar-refractivity contribution in [3.63, 3.8) is 0 Å². The zero-order chi connectivity index (χ0) is 10.5. The first-order valence-electron chi connectivity index (χ1n) is 3.31. The first kappa shape index (κ1) is 11.5. The van der Waals surface area contributed by atoms with E-state index < -0.39 is 11.9 Å². The van der Waals surface area contributed by atoms with Gasteiger partial charge in [0.05, 0.1) is 0 Å². The predicted molar refractivity (Wildman–Crippen MR) is 45.0 cm³/mol. The molecule has 0 amide bonds. The van der Waals surface area contributed by atoms with Gasteiger partial charge in [-0.05, 0) is 18.4 Å². The highest BCUT2D eigenvalue weighted by Gasteiger charge is 2.33. The molecule has 74 valence electrons. The Labute approximate surface area is 73.6 Å². The van der Waals surface area contributed by atoms with Crippen molar-refractivity contribution >= 4 is 5.71 Å². The van der Waals surface area contributed by atoms with Gasteiger partial charge in [-0.2, -0.15) is 13.2 Å². The van der Waals surface area contributed by atoms with Crippen LogP contribution in [0.25, 0.3) is 0 Å². The molecule has 0 bridgehead atoms. The summed E-state index contributed by atoms with van der Waals surface area (Å²) < 4.78 is 36.1. The van der Waals surface area contributed by atoms with E-state index in [9.17, 15) is 13.2 Å². The number of alkyl halides is 3. The van der Waals surface area contributed by atoms with Crippen molar-refractivity contribution in [2.24, 2.45) is 16.5 Å². The maximum atomic E-state index is 12.0. The normalized spacial score (nSPS) is 15.4. The van der Waals surface area contributed by atoms with Crippen LogP contribution in [0, 0.1) is 0 Å². The molecule has 0 atom stereocenters. The maximum Gasteiger partial charge on any atom is 0.432 e. The number of hydrogen-bond donors (Lipinski definition) is 2. The lowest BCUT2D eigenvalue weighted by Gasteiger charge is -2.05. The van der Waals surface area contributed by atoms with Gasteiger partial charge in [0, 0.05) is 12.7 Å². The van der Waals surface area contributed by atoms with E-state index in [4.69, 9.17) is 11.5 Å². The number of aliphatic imine (C=N–C) groups is 1. The number of nitrogens with two attached hydrogens (primary N) is 2. The van der Waals surface area contributed by atoms with Gasteiger partial charge in [-0.3, -0.25) is 4.99 Å². The van der Waals surface area contributed by atoms with Crippen molar-refractivity contribution in [3.05, 3.63) is 24.0 Å². The minimum Gasteiger partial charge on any atom is -0.405 e. The van der Waals surface area contributed by atoms with Gasteiger partial charge in [-0.1, -0.05) is 0 Å². The van der Waals surface area contributed by atoms with E-state index in [1.165, 1.54) is 0 Å². The molecule has 0 aliphatic heterocycles. The highest BCUT2D eigenvalue weighted by atomic mass is 19.4. The fraction of sp³-hybridized carbons (Fsp3) is 0.286. The molecule has 0 fully saturated rings. The summed E-state index contributed by atoms with van der Waals surface area (Å²) >= 11 is 0. The zero-order valence-corrected chi connectivity index (χ0v) is 6.97. The first-order chi connectivity index (χ1) is 5.91. The summed E-state index contributed by atoms with van der Waals surface area (Å²) in [6, 6.07) is 0. The van der Waals surface area contributed by atoms with Gasteiger partial charge in [0.25, 0.3) is 0 Å². The Morgan fingerprint density at radius 2 is 1.92 bits per heavy atom. The summed E-state index contributed by atoms with van der Waals surface area (Å²) in [5.74, 6) is 0. The van der Waals surface area contributed by atoms with Crippen LogP contribution < -0.4 is 11.5 Å². The molecule has 0 saturated carbocycles. The second-order valence-corrected chi connectivity index (χ2v) is 2.11. The van der Waals surface area contributed by atoms with Crippen LogP contribution in [-0.2, 0) is 0 Å². The number of rotatable bonds is 2. The SMILES string of the molecule is CN=C(C=C(N)/C=C/N)C(F)(F)F. The molecule has 0 heterocycles. The van der Waals surface area contributed by atoms with Crippen LogP contribution in [0.2, 0.25) is 0 Å². The average Bonchev–Trinajstić information content (AvgIpc) is 1.98. The molecule has 0 rings (SSSR count). The van der Waals surface area contributed by atoms with Gasteiger partial charge in [0.15, 0.2) is 0 Å². The molecular formula is C7H10F3N3. The molecular weight excluding hydrogens is 183 g/mol. The third-order valence-corrected chi connectivity index (χ3v) is 1.12. The lowest BCUT2D eigenvalue weighted by Crippen LogP contribution is -2.21. The second kappa shape index (κ2) is 4.54. The van der Waals surface area contributed by atoms with Crippen LogP contribution in [0.15, 0.2) is 29.0 Å². The van der Waals surface area contributed by atoms with Gasteiger partial charge < -0.3 is 11.5 Å². The third kappa shape index (κ3) is 4.19. The molecule has 0 aromatic heterocycles. The van der Waals surface area contributed by atoms with Gasteiger partial charge in [-0.15, -0.1) is 0 Å². The Bertz CT molecular complexity index is 250. The van der Waals surface area contributed by atoms with Crippen molar-refractivity contribution in [3.8, 4) is 0 Å². The zero-order valence-electron chi connectivity index (χ0n) is 6.97. The Balaban J connectivity index is 4.76. The van der Waals surface area contributed by atoms with E-state index in [0.717, 1.165) is 19.3 Å². The fourth-order valence-electron chi connectivity index (χ4n) is 0.590. The van der Waals surface area contributed by atoms with Crippen molar-refractivity contribution in [1.29, 1.82) is 0 Å². The van der Waals surface area contributed by atoms with Gasteiger partial charge in [0.2, 0.25) is 0 Å². The number of nitrogens with zero attached hydrogens (tertiary/aromatic N) is 1. The van der Waals surface area contributed by atoms with Crippen molar-refractivity contribution in [2.45, 2.75) is 6.18 Å². The summed E-state index contributed by atoms with van der Waals surface area (Å²) in [5.41, 5.74) is 8.97. The largest absolute Gasteiger partial charge is 0.432 e. The molecule has 0 unspecified atom stereocenters. The fourth-order valence-corrected chi connectivity index (χ4v) is 0.590. The minimum absolute atomic E-state index is 0.0968. The molecule has 0 aliphatic carbocycles. The van der Waals surface area contributed by atoms with Crippen LogP contribution in [0.4, 0.5) is 13.2 Å². The molecule has 0 spiro atoms. The summed E-state index contributed by atoms with van der Waals surface area (Å²) in [6.45, 7) is 0. The van der Waals surface area contributed by atoms with Crippen LogP contribution >= 0.6 is 0 Å². The number of halogens is 3. The predicted octanol–water partition coefficient (Wildman–Crippen LogP) is 0.935. The average molecular weight is 193 g/mol. The monoisotopic (exact) mass is 193 g/mol. The molecule has 4 N–H and O–H groups in total. The standard InChI is InChI=1S/C7H10F3N3/c1-13-6(7(8,9)10)4-5(12)2-3-11/h2-4H,11-12H2,1H3/b3-2+,5-4?,13-6?. The number of hydrogen-bond acceptors (Lipinski definition) is 3. The third-order valence-electron chi connectivity index (χ3n) is 1.12.